The molecule has 0 fully saturated rings. The van der Waals surface area contributed by atoms with Crippen LogP contribution in [-0.4, -0.2) is 15.9 Å². The highest BCUT2D eigenvalue weighted by molar-refractivity contribution is 9.10. The Morgan fingerprint density at radius 2 is 1.96 bits per heavy atom. The van der Waals surface area contributed by atoms with Gasteiger partial charge in [0.2, 0.25) is 0 Å². The third-order valence-electron chi connectivity index (χ3n) is 3.70. The molecule has 26 heavy (non-hydrogen) atoms. The molecule has 2 aromatic rings. The molecule has 7 nitrogen and oxygen atoms in total. The highest BCUT2D eigenvalue weighted by atomic mass is 79.9. The van der Waals surface area contributed by atoms with Gasteiger partial charge < -0.3 is 21.8 Å². The average Bonchev–Trinajstić information content (AvgIpc) is 2.59. The lowest BCUT2D eigenvalue weighted by Gasteiger charge is -2.26. The lowest BCUT2D eigenvalue weighted by Crippen LogP contribution is -2.43. The van der Waals surface area contributed by atoms with Crippen LogP contribution in [0.15, 0.2) is 58.1 Å². The van der Waals surface area contributed by atoms with Crippen molar-refractivity contribution < 1.29 is 4.79 Å². The number of nitrogens with one attached hydrogen (secondary N) is 2. The van der Waals surface area contributed by atoms with E-state index in [4.69, 9.17) is 11.5 Å². The topological polar surface area (TPSA) is 127 Å². The van der Waals surface area contributed by atoms with Gasteiger partial charge in [0.15, 0.2) is 5.82 Å². The monoisotopic (exact) mass is 417 g/mol. The van der Waals surface area contributed by atoms with E-state index in [0.29, 0.717) is 0 Å². The third-order valence-corrected chi connectivity index (χ3v) is 4.22. The Balaban J connectivity index is 2.24. The van der Waals surface area contributed by atoms with Crippen LogP contribution in [0.2, 0.25) is 0 Å². The van der Waals surface area contributed by atoms with E-state index >= 15 is 0 Å². The average molecular weight is 418 g/mol. The molecule has 0 aliphatic heterocycles. The van der Waals surface area contributed by atoms with Crippen molar-refractivity contribution in [2.45, 2.75) is 19.4 Å². The van der Waals surface area contributed by atoms with Crippen LogP contribution in [0.25, 0.3) is 5.70 Å². The predicted octanol–water partition coefficient (Wildman–Crippen LogP) is 1.97. The molecular formula is C18H20BrN5O2. The van der Waals surface area contributed by atoms with Gasteiger partial charge >= 0.3 is 0 Å². The minimum atomic E-state index is -0.673. The van der Waals surface area contributed by atoms with E-state index in [0.717, 1.165) is 10.0 Å². The highest BCUT2D eigenvalue weighted by Crippen LogP contribution is 2.22. The molecule has 0 saturated heterocycles. The van der Waals surface area contributed by atoms with Crippen LogP contribution in [0.5, 0.6) is 0 Å². The first-order valence-corrected chi connectivity index (χ1v) is 8.56. The largest absolute Gasteiger partial charge is 0.405 e. The smallest absolute Gasteiger partial charge is 0.264 e. The Kier molecular flexibility index (Phi) is 5.99. The molecule has 2 rings (SSSR count). The van der Waals surface area contributed by atoms with Crippen LogP contribution < -0.4 is 22.3 Å². The van der Waals surface area contributed by atoms with Gasteiger partial charge in [-0.2, -0.15) is 0 Å². The maximum atomic E-state index is 12.5. The Morgan fingerprint density at radius 1 is 1.31 bits per heavy atom. The number of halogens is 1. The second-order valence-corrected chi connectivity index (χ2v) is 6.98. The van der Waals surface area contributed by atoms with Gasteiger partial charge in [-0.05, 0) is 49.9 Å². The van der Waals surface area contributed by atoms with Crippen molar-refractivity contribution in [2.24, 2.45) is 11.5 Å². The van der Waals surface area contributed by atoms with Crippen LogP contribution in [0.1, 0.15) is 35.6 Å². The second-order valence-electron chi connectivity index (χ2n) is 6.07. The summed E-state index contributed by atoms with van der Waals surface area (Å²) in [6, 6.07) is 7.56. The maximum absolute atomic E-state index is 12.5. The molecule has 0 bridgehead atoms. The first kappa shape index (κ1) is 19.5. The first-order chi connectivity index (χ1) is 12.2. The van der Waals surface area contributed by atoms with Crippen LogP contribution in [0.3, 0.4) is 0 Å². The molecule has 0 aliphatic rings. The van der Waals surface area contributed by atoms with Crippen LogP contribution >= 0.6 is 15.9 Å². The van der Waals surface area contributed by atoms with Crippen molar-refractivity contribution in [3.63, 3.8) is 0 Å². The molecule has 6 N–H and O–H groups in total. The van der Waals surface area contributed by atoms with Gasteiger partial charge in [-0.15, -0.1) is 0 Å². The van der Waals surface area contributed by atoms with E-state index < -0.39 is 17.0 Å². The number of carbonyl (C=O) groups is 1. The second kappa shape index (κ2) is 8.01. The number of aromatic nitrogens is 2. The SMILES string of the molecule is CC(C)(NC(=O)c1cnc(/C(N)=C/C=C\N)[nH]c1=O)c1ccc(Br)cc1. The number of benzene rings is 1. The number of nitrogens with two attached hydrogens (primary N) is 2. The Labute approximate surface area is 159 Å². The highest BCUT2D eigenvalue weighted by Gasteiger charge is 2.25. The van der Waals surface area contributed by atoms with Crippen molar-refractivity contribution in [1.29, 1.82) is 0 Å². The van der Waals surface area contributed by atoms with Crippen molar-refractivity contribution in [2.75, 3.05) is 0 Å². The van der Waals surface area contributed by atoms with Crippen molar-refractivity contribution >= 4 is 27.5 Å². The normalized spacial score (nSPS) is 12.3. The summed E-state index contributed by atoms with van der Waals surface area (Å²) in [6.45, 7) is 3.70. The molecule has 0 aliphatic carbocycles. The van der Waals surface area contributed by atoms with Gasteiger partial charge in [0.25, 0.3) is 11.5 Å². The summed E-state index contributed by atoms with van der Waals surface area (Å²) in [5.41, 5.74) is 10.8. The van der Waals surface area contributed by atoms with Gasteiger partial charge in [-0.25, -0.2) is 4.98 Å². The number of rotatable bonds is 5. The minimum Gasteiger partial charge on any atom is -0.405 e. The molecule has 0 spiro atoms. The number of hydrogen-bond donors (Lipinski definition) is 4. The number of hydrogen-bond acceptors (Lipinski definition) is 5. The van der Waals surface area contributed by atoms with Crippen molar-refractivity contribution in [3.05, 3.63) is 80.6 Å². The van der Waals surface area contributed by atoms with Gasteiger partial charge in [0.05, 0.1) is 11.2 Å². The lowest BCUT2D eigenvalue weighted by molar-refractivity contribution is 0.0910. The van der Waals surface area contributed by atoms with E-state index in [-0.39, 0.29) is 17.1 Å². The molecule has 1 aromatic carbocycles. The fourth-order valence-corrected chi connectivity index (χ4v) is 2.50. The summed E-state index contributed by atoms with van der Waals surface area (Å²) in [5, 5.41) is 2.84. The number of nitrogens with zero attached hydrogens (tertiary/aromatic N) is 1. The zero-order valence-corrected chi connectivity index (χ0v) is 16.0. The van der Waals surface area contributed by atoms with Gasteiger partial charge in [0.1, 0.15) is 5.56 Å². The van der Waals surface area contributed by atoms with Crippen LogP contribution in [0.4, 0.5) is 0 Å². The number of aromatic amines is 1. The zero-order valence-electron chi connectivity index (χ0n) is 14.4. The molecule has 0 atom stereocenters. The summed E-state index contributed by atoms with van der Waals surface area (Å²) in [4.78, 5) is 31.3. The van der Waals surface area contributed by atoms with E-state index in [2.05, 4.69) is 31.2 Å². The predicted molar refractivity (Wildman–Crippen MR) is 105 cm³/mol. The summed E-state index contributed by atoms with van der Waals surface area (Å²) >= 11 is 3.38. The molecule has 0 radical (unpaired) electrons. The molecule has 0 unspecified atom stereocenters. The maximum Gasteiger partial charge on any atom is 0.264 e. The van der Waals surface area contributed by atoms with Crippen molar-refractivity contribution in [1.82, 2.24) is 15.3 Å². The lowest BCUT2D eigenvalue weighted by atomic mass is 9.94. The van der Waals surface area contributed by atoms with Crippen LogP contribution in [-0.2, 0) is 5.54 Å². The number of H-pyrrole nitrogens is 1. The van der Waals surface area contributed by atoms with Crippen LogP contribution in [0, 0.1) is 0 Å². The molecule has 0 saturated carbocycles. The third kappa shape index (κ3) is 4.60. The quantitative estimate of drug-likeness (QED) is 0.553. The molecule has 8 heteroatoms. The van der Waals surface area contributed by atoms with E-state index in [1.807, 2.05) is 38.1 Å². The molecular weight excluding hydrogens is 398 g/mol. The molecule has 1 amide bonds. The number of amides is 1. The minimum absolute atomic E-state index is 0.0962. The Morgan fingerprint density at radius 3 is 2.54 bits per heavy atom. The van der Waals surface area contributed by atoms with E-state index in [1.54, 1.807) is 0 Å². The number of allylic oxidation sites excluding steroid dienone is 2. The van der Waals surface area contributed by atoms with Gasteiger partial charge in [-0.1, -0.05) is 28.1 Å². The van der Waals surface area contributed by atoms with E-state index in [9.17, 15) is 9.59 Å². The fourth-order valence-electron chi connectivity index (χ4n) is 2.23. The summed E-state index contributed by atoms with van der Waals surface area (Å²) < 4.78 is 0.940. The summed E-state index contributed by atoms with van der Waals surface area (Å²) in [6.07, 6.45) is 5.51. The molecule has 1 heterocycles. The number of carbonyl (C=O) groups excluding carboxylic acids is 1. The fraction of sp³-hybridized carbons (Fsp3) is 0.167. The Bertz CT molecular complexity index is 914. The van der Waals surface area contributed by atoms with Crippen molar-refractivity contribution in [3.8, 4) is 0 Å². The van der Waals surface area contributed by atoms with E-state index in [1.165, 1.54) is 24.5 Å². The molecule has 136 valence electrons. The van der Waals surface area contributed by atoms with Gasteiger partial charge in [0, 0.05) is 10.7 Å². The zero-order chi connectivity index (χ0) is 19.3. The summed E-state index contributed by atoms with van der Waals surface area (Å²) in [5.74, 6) is -0.362. The summed E-state index contributed by atoms with van der Waals surface area (Å²) in [7, 11) is 0. The molecule has 1 aromatic heterocycles. The Hall–Kier alpha value is -2.87. The standard InChI is InChI=1S/C18H20BrN5O2/c1-18(2,11-5-7-12(19)8-6-11)24-17(26)13-10-22-15(23-16(13)25)14(21)4-3-9-20/h3-10H,20-21H2,1-2H3,(H,24,26)(H,22,23,25)/b9-3-,14-4-. The van der Waals surface area contributed by atoms with Gasteiger partial charge in [-0.3, -0.25) is 9.59 Å². The first-order valence-electron chi connectivity index (χ1n) is 7.77.